The van der Waals surface area contributed by atoms with Crippen LogP contribution in [0.15, 0.2) is 53.3 Å². The highest BCUT2D eigenvalue weighted by Gasteiger charge is 2.25. The van der Waals surface area contributed by atoms with E-state index in [1.54, 1.807) is 6.07 Å². The van der Waals surface area contributed by atoms with Gasteiger partial charge in [0.1, 0.15) is 0 Å². The molecule has 0 unspecified atom stereocenters. The number of anilines is 1. The highest BCUT2D eigenvalue weighted by molar-refractivity contribution is 6.31. The number of piperidine rings is 1. The Hall–Kier alpha value is -3.09. The summed E-state index contributed by atoms with van der Waals surface area (Å²) in [4.78, 5) is 33.0. The Balaban J connectivity index is 1.43. The van der Waals surface area contributed by atoms with Crippen molar-refractivity contribution >= 4 is 23.2 Å². The van der Waals surface area contributed by atoms with Crippen molar-refractivity contribution in [3.63, 3.8) is 0 Å². The zero-order valence-electron chi connectivity index (χ0n) is 21.5. The Morgan fingerprint density at radius 2 is 1.81 bits per heavy atom. The molecule has 2 N–H and O–H groups in total. The molecule has 7 heteroatoms. The molecule has 6 nitrogen and oxygen atoms in total. The normalized spacial score (nSPS) is 14.6. The topological polar surface area (TPSA) is 68.4 Å². The number of nitrogens with one attached hydrogen (secondary N) is 2. The number of carbonyl (C=O) groups excluding carboxylic acids is 1. The maximum Gasteiger partial charge on any atom is 0.253 e. The molecule has 0 saturated carbocycles. The van der Waals surface area contributed by atoms with Crippen molar-refractivity contribution in [2.24, 2.45) is 0 Å². The number of benzene rings is 2. The second-order valence-corrected chi connectivity index (χ2v) is 10.3. The molecule has 2 heterocycles. The molecule has 0 atom stereocenters. The van der Waals surface area contributed by atoms with Gasteiger partial charge in [0.2, 0.25) is 0 Å². The standard InChI is InChI=1S/C29H35ClN4O2/c1-19-14-20(2)32-29(36)26(19)17-31-28(35)25-15-23(30)16-27(21(25)3)33(4)24-10-12-34(13-11-24)18-22-8-6-5-7-9-22/h5-9,14-16,24H,10-13,17-18H2,1-4H3,(H,31,35)(H,32,36). The largest absolute Gasteiger partial charge is 0.371 e. The van der Waals surface area contributed by atoms with Crippen molar-refractivity contribution in [3.8, 4) is 0 Å². The van der Waals surface area contributed by atoms with Crippen LogP contribution in [-0.2, 0) is 13.1 Å². The van der Waals surface area contributed by atoms with Gasteiger partial charge in [-0.25, -0.2) is 0 Å². The number of H-pyrrole nitrogens is 1. The fourth-order valence-electron chi connectivity index (χ4n) is 5.14. The van der Waals surface area contributed by atoms with Crippen LogP contribution in [0.4, 0.5) is 5.69 Å². The lowest BCUT2D eigenvalue weighted by Gasteiger charge is -2.38. The van der Waals surface area contributed by atoms with Crippen molar-refractivity contribution in [3.05, 3.63) is 97.4 Å². The Bertz CT molecular complexity index is 1280. The second kappa shape index (κ2) is 11.3. The molecular weight excluding hydrogens is 472 g/mol. The van der Waals surface area contributed by atoms with E-state index in [4.69, 9.17) is 11.6 Å². The number of hydrogen-bond donors (Lipinski definition) is 2. The predicted molar refractivity (Wildman–Crippen MR) is 147 cm³/mol. The Morgan fingerprint density at radius 3 is 2.47 bits per heavy atom. The molecule has 3 aromatic rings. The number of rotatable bonds is 7. The molecule has 36 heavy (non-hydrogen) atoms. The third-order valence-corrected chi connectivity index (χ3v) is 7.46. The van der Waals surface area contributed by atoms with Gasteiger partial charge in [0.25, 0.3) is 11.5 Å². The van der Waals surface area contributed by atoms with Crippen LogP contribution in [0, 0.1) is 20.8 Å². The summed E-state index contributed by atoms with van der Waals surface area (Å²) in [6.07, 6.45) is 2.10. The molecule has 1 aliphatic rings. The second-order valence-electron chi connectivity index (χ2n) is 9.83. The van der Waals surface area contributed by atoms with Crippen molar-refractivity contribution in [1.29, 1.82) is 0 Å². The predicted octanol–water partition coefficient (Wildman–Crippen LogP) is 4.98. The summed E-state index contributed by atoms with van der Waals surface area (Å²) < 4.78 is 0. The third-order valence-electron chi connectivity index (χ3n) is 7.24. The smallest absolute Gasteiger partial charge is 0.253 e. The third kappa shape index (κ3) is 6.00. The molecule has 1 amide bonds. The molecule has 1 aromatic heterocycles. The monoisotopic (exact) mass is 506 g/mol. The van der Waals surface area contributed by atoms with Gasteiger partial charge in [-0.2, -0.15) is 0 Å². The number of hydrogen-bond acceptors (Lipinski definition) is 4. The van der Waals surface area contributed by atoms with E-state index in [1.807, 2.05) is 32.9 Å². The minimum Gasteiger partial charge on any atom is -0.371 e. The van der Waals surface area contributed by atoms with Crippen LogP contribution in [0.5, 0.6) is 0 Å². The van der Waals surface area contributed by atoms with Crippen LogP contribution >= 0.6 is 11.6 Å². The first kappa shape index (κ1) is 26.0. The van der Waals surface area contributed by atoms with Gasteiger partial charge in [-0.1, -0.05) is 41.9 Å². The lowest BCUT2D eigenvalue weighted by atomic mass is 9.99. The van der Waals surface area contributed by atoms with Crippen molar-refractivity contribution in [2.75, 3.05) is 25.0 Å². The molecule has 1 aliphatic heterocycles. The highest BCUT2D eigenvalue weighted by Crippen LogP contribution is 2.31. The van der Waals surface area contributed by atoms with Gasteiger partial charge in [-0.3, -0.25) is 14.5 Å². The number of amides is 1. The van der Waals surface area contributed by atoms with Gasteiger partial charge in [0.15, 0.2) is 0 Å². The van der Waals surface area contributed by atoms with Gasteiger partial charge in [0.05, 0.1) is 0 Å². The Kier molecular flexibility index (Phi) is 8.17. The highest BCUT2D eigenvalue weighted by atomic mass is 35.5. The maximum absolute atomic E-state index is 13.1. The summed E-state index contributed by atoms with van der Waals surface area (Å²) in [7, 11) is 2.09. The lowest BCUT2D eigenvalue weighted by Crippen LogP contribution is -2.43. The molecule has 190 valence electrons. The van der Waals surface area contributed by atoms with E-state index in [1.165, 1.54) is 5.56 Å². The van der Waals surface area contributed by atoms with Gasteiger partial charge in [0, 0.05) is 66.8 Å². The number of halogens is 1. The van der Waals surface area contributed by atoms with E-state index < -0.39 is 0 Å². The SMILES string of the molecule is Cc1cc(C)c(CNC(=O)c2cc(Cl)cc(N(C)C3CCN(Cc4ccccc4)CC3)c2C)c(=O)[nH]1. The Labute approximate surface area is 218 Å². The zero-order chi connectivity index (χ0) is 25.8. The molecule has 0 spiro atoms. The molecule has 0 aliphatic carbocycles. The van der Waals surface area contributed by atoms with Crippen LogP contribution in [0.1, 0.15) is 51.1 Å². The lowest BCUT2D eigenvalue weighted by molar-refractivity contribution is 0.0950. The molecular formula is C29H35ClN4O2. The quantitative estimate of drug-likeness (QED) is 0.474. The number of aromatic amines is 1. The molecule has 0 bridgehead atoms. The van der Waals surface area contributed by atoms with Crippen LogP contribution in [0.25, 0.3) is 0 Å². The van der Waals surface area contributed by atoms with E-state index in [9.17, 15) is 9.59 Å². The molecule has 0 radical (unpaired) electrons. The van der Waals surface area contributed by atoms with Crippen LogP contribution in [-0.4, -0.2) is 42.0 Å². The summed E-state index contributed by atoms with van der Waals surface area (Å²) in [6.45, 7) is 8.89. The van der Waals surface area contributed by atoms with E-state index in [0.717, 1.165) is 55.0 Å². The average molecular weight is 507 g/mol. The molecule has 4 rings (SSSR count). The molecule has 1 saturated heterocycles. The summed E-state index contributed by atoms with van der Waals surface area (Å²) in [5, 5.41) is 3.44. The molecule has 2 aromatic carbocycles. The first-order chi connectivity index (χ1) is 17.2. The summed E-state index contributed by atoms with van der Waals surface area (Å²) in [5.41, 5.74) is 5.79. The first-order valence-electron chi connectivity index (χ1n) is 12.5. The number of pyridine rings is 1. The van der Waals surface area contributed by atoms with Gasteiger partial charge in [-0.15, -0.1) is 0 Å². The zero-order valence-corrected chi connectivity index (χ0v) is 22.3. The van der Waals surface area contributed by atoms with Crippen LogP contribution < -0.4 is 15.8 Å². The van der Waals surface area contributed by atoms with Crippen molar-refractivity contribution in [1.82, 2.24) is 15.2 Å². The fourth-order valence-corrected chi connectivity index (χ4v) is 5.35. The van der Waals surface area contributed by atoms with E-state index in [2.05, 4.69) is 57.5 Å². The van der Waals surface area contributed by atoms with Crippen molar-refractivity contribution < 1.29 is 4.79 Å². The summed E-state index contributed by atoms with van der Waals surface area (Å²) >= 11 is 6.48. The Morgan fingerprint density at radius 1 is 1.11 bits per heavy atom. The maximum atomic E-state index is 13.1. The number of carbonyl (C=O) groups is 1. The van der Waals surface area contributed by atoms with Gasteiger partial charge >= 0.3 is 0 Å². The fraction of sp³-hybridized carbons (Fsp3) is 0.379. The van der Waals surface area contributed by atoms with E-state index in [-0.39, 0.29) is 18.0 Å². The number of nitrogens with zero attached hydrogens (tertiary/aromatic N) is 2. The number of likely N-dealkylation sites (tertiary alicyclic amines) is 1. The summed E-state index contributed by atoms with van der Waals surface area (Å²) in [5.74, 6) is -0.235. The summed E-state index contributed by atoms with van der Waals surface area (Å²) in [6, 6.07) is 16.5. The van der Waals surface area contributed by atoms with E-state index in [0.29, 0.717) is 22.2 Å². The minimum atomic E-state index is -0.235. The van der Waals surface area contributed by atoms with Crippen LogP contribution in [0.2, 0.25) is 5.02 Å². The molecule has 1 fully saturated rings. The van der Waals surface area contributed by atoms with Gasteiger partial charge < -0.3 is 15.2 Å². The minimum absolute atomic E-state index is 0.164. The number of aryl methyl sites for hydroxylation is 2. The van der Waals surface area contributed by atoms with Crippen molar-refractivity contribution in [2.45, 2.75) is 52.7 Å². The number of aromatic nitrogens is 1. The average Bonchev–Trinajstić information content (AvgIpc) is 2.85. The van der Waals surface area contributed by atoms with E-state index >= 15 is 0 Å². The van der Waals surface area contributed by atoms with Gasteiger partial charge in [-0.05, 0) is 68.5 Å². The van der Waals surface area contributed by atoms with Crippen LogP contribution in [0.3, 0.4) is 0 Å². The first-order valence-corrected chi connectivity index (χ1v) is 12.9.